The minimum absolute atomic E-state index is 0. The largest absolute Gasteiger partial charge is 0.334 e. The molecule has 1 aliphatic carbocycles. The highest BCUT2D eigenvalue weighted by Crippen LogP contribution is 2.35. The van der Waals surface area contributed by atoms with Gasteiger partial charge in [-0.25, -0.2) is 0 Å². The predicted octanol–water partition coefficient (Wildman–Crippen LogP) is 3.96. The first-order valence-corrected chi connectivity index (χ1v) is 7.27. The maximum Gasteiger partial charge on any atom is 0.258 e. The molecule has 0 radical (unpaired) electrons. The monoisotopic (exact) mass is 357 g/mol. The highest BCUT2D eigenvalue weighted by molar-refractivity contribution is 9.10. The van der Waals surface area contributed by atoms with Crippen LogP contribution in [0.1, 0.15) is 37.1 Å². The van der Waals surface area contributed by atoms with Crippen molar-refractivity contribution in [2.75, 3.05) is 0 Å². The van der Waals surface area contributed by atoms with Gasteiger partial charge in [-0.15, -0.1) is 12.4 Å². The first-order valence-electron chi connectivity index (χ1n) is 6.47. The van der Waals surface area contributed by atoms with Crippen molar-refractivity contribution in [1.82, 2.24) is 10.1 Å². The summed E-state index contributed by atoms with van der Waals surface area (Å²) in [5.74, 6) is 1.17. The van der Waals surface area contributed by atoms with Crippen LogP contribution >= 0.6 is 28.3 Å². The summed E-state index contributed by atoms with van der Waals surface area (Å²) in [5.41, 5.74) is 8.01. The molecular weight excluding hydrogens is 342 g/mol. The minimum Gasteiger partial charge on any atom is -0.334 e. The molecule has 20 heavy (non-hydrogen) atoms. The van der Waals surface area contributed by atoms with Crippen LogP contribution in [0.4, 0.5) is 0 Å². The van der Waals surface area contributed by atoms with Crippen molar-refractivity contribution < 1.29 is 4.52 Å². The van der Waals surface area contributed by atoms with Crippen LogP contribution in [-0.2, 0) is 5.54 Å². The van der Waals surface area contributed by atoms with E-state index in [1.54, 1.807) is 0 Å². The fourth-order valence-corrected chi connectivity index (χ4v) is 3.24. The normalized spacial score (nSPS) is 16.9. The van der Waals surface area contributed by atoms with Gasteiger partial charge in [0, 0.05) is 10.0 Å². The summed E-state index contributed by atoms with van der Waals surface area (Å²) < 4.78 is 6.38. The molecule has 0 atom stereocenters. The van der Waals surface area contributed by atoms with E-state index in [2.05, 4.69) is 26.1 Å². The topological polar surface area (TPSA) is 64.9 Å². The van der Waals surface area contributed by atoms with Gasteiger partial charge in [-0.3, -0.25) is 0 Å². The minimum atomic E-state index is -0.400. The molecule has 1 heterocycles. The number of hydrogen-bond acceptors (Lipinski definition) is 4. The molecule has 0 aliphatic heterocycles. The van der Waals surface area contributed by atoms with E-state index < -0.39 is 5.54 Å². The number of halogens is 2. The summed E-state index contributed by atoms with van der Waals surface area (Å²) in [6, 6.07) is 6.05. The van der Waals surface area contributed by atoms with Gasteiger partial charge in [-0.05, 0) is 43.5 Å². The van der Waals surface area contributed by atoms with E-state index in [4.69, 9.17) is 10.3 Å². The highest BCUT2D eigenvalue weighted by Gasteiger charge is 2.36. The van der Waals surface area contributed by atoms with Gasteiger partial charge in [0.2, 0.25) is 0 Å². The molecular formula is C14H17BrClN3O. The Morgan fingerprint density at radius 1 is 1.25 bits per heavy atom. The Bertz CT molecular complexity index is 588. The first kappa shape index (κ1) is 15.5. The number of benzene rings is 1. The molecule has 0 bridgehead atoms. The van der Waals surface area contributed by atoms with Crippen molar-refractivity contribution in [1.29, 1.82) is 0 Å². The van der Waals surface area contributed by atoms with E-state index in [9.17, 15) is 0 Å². The lowest BCUT2D eigenvalue weighted by Crippen LogP contribution is -2.34. The Morgan fingerprint density at radius 2 is 1.95 bits per heavy atom. The van der Waals surface area contributed by atoms with Crippen molar-refractivity contribution >= 4 is 28.3 Å². The molecule has 4 nitrogen and oxygen atoms in total. The molecule has 1 saturated carbocycles. The van der Waals surface area contributed by atoms with Crippen LogP contribution in [0.3, 0.4) is 0 Å². The third-order valence-electron chi connectivity index (χ3n) is 3.66. The second kappa shape index (κ2) is 5.84. The van der Waals surface area contributed by atoms with Crippen molar-refractivity contribution in [2.24, 2.45) is 5.73 Å². The molecule has 2 N–H and O–H groups in total. The average molecular weight is 359 g/mol. The van der Waals surface area contributed by atoms with Crippen LogP contribution in [0.5, 0.6) is 0 Å². The van der Waals surface area contributed by atoms with Gasteiger partial charge in [-0.2, -0.15) is 4.98 Å². The Kier molecular flexibility index (Phi) is 4.52. The third-order valence-corrected chi connectivity index (χ3v) is 4.11. The second-order valence-electron chi connectivity index (χ2n) is 5.30. The summed E-state index contributed by atoms with van der Waals surface area (Å²) in [5, 5.41) is 4.08. The van der Waals surface area contributed by atoms with E-state index in [0.717, 1.165) is 41.3 Å². The van der Waals surface area contributed by atoms with Crippen LogP contribution in [0, 0.1) is 6.92 Å². The van der Waals surface area contributed by atoms with E-state index in [1.165, 1.54) is 0 Å². The van der Waals surface area contributed by atoms with Gasteiger partial charge in [0.1, 0.15) is 0 Å². The van der Waals surface area contributed by atoms with Gasteiger partial charge in [0.25, 0.3) is 5.89 Å². The van der Waals surface area contributed by atoms with E-state index >= 15 is 0 Å². The lowest BCUT2D eigenvalue weighted by Gasteiger charge is -2.17. The number of nitrogens with zero attached hydrogens (tertiary/aromatic N) is 2. The Labute approximate surface area is 132 Å². The van der Waals surface area contributed by atoms with Crippen LogP contribution < -0.4 is 5.73 Å². The first-order chi connectivity index (χ1) is 9.07. The van der Waals surface area contributed by atoms with Crippen molar-refractivity contribution in [3.8, 4) is 11.5 Å². The number of aromatic nitrogens is 2. The molecule has 6 heteroatoms. The van der Waals surface area contributed by atoms with Crippen LogP contribution in [0.15, 0.2) is 27.2 Å². The zero-order chi connectivity index (χ0) is 13.5. The summed E-state index contributed by atoms with van der Waals surface area (Å²) in [4.78, 5) is 4.49. The second-order valence-corrected chi connectivity index (χ2v) is 6.22. The summed E-state index contributed by atoms with van der Waals surface area (Å²) in [7, 11) is 0. The summed E-state index contributed by atoms with van der Waals surface area (Å²) in [6.45, 7) is 2.03. The number of rotatable bonds is 2. The molecule has 1 aromatic heterocycles. The molecule has 1 aromatic carbocycles. The highest BCUT2D eigenvalue weighted by atomic mass is 79.9. The molecule has 0 spiro atoms. The van der Waals surface area contributed by atoms with Gasteiger partial charge in [-0.1, -0.05) is 33.9 Å². The lowest BCUT2D eigenvalue weighted by molar-refractivity contribution is 0.372. The molecule has 1 fully saturated rings. The van der Waals surface area contributed by atoms with Crippen molar-refractivity contribution in [2.45, 2.75) is 38.1 Å². The van der Waals surface area contributed by atoms with Gasteiger partial charge in [0.15, 0.2) is 5.82 Å². The van der Waals surface area contributed by atoms with Gasteiger partial charge < -0.3 is 10.3 Å². The molecule has 0 unspecified atom stereocenters. The fraction of sp³-hybridized carbons (Fsp3) is 0.429. The summed E-state index contributed by atoms with van der Waals surface area (Å²) >= 11 is 3.48. The Balaban J connectivity index is 0.00000147. The average Bonchev–Trinajstić information content (AvgIpc) is 2.96. The molecule has 2 aromatic rings. The predicted molar refractivity (Wildman–Crippen MR) is 83.8 cm³/mol. The zero-order valence-electron chi connectivity index (χ0n) is 11.2. The standard InChI is InChI=1S/C14H16BrN3O.ClH/c1-9-6-10(8-11(15)7-9)12-17-13(18-19-12)14(16)4-2-3-5-14;/h6-8H,2-5,16H2,1H3;1H. The third kappa shape index (κ3) is 2.90. The smallest absolute Gasteiger partial charge is 0.258 e. The maximum atomic E-state index is 6.34. The quantitative estimate of drug-likeness (QED) is 0.882. The van der Waals surface area contributed by atoms with E-state index in [1.807, 2.05) is 25.1 Å². The molecule has 108 valence electrons. The lowest BCUT2D eigenvalue weighted by atomic mass is 9.98. The van der Waals surface area contributed by atoms with Gasteiger partial charge >= 0.3 is 0 Å². The molecule has 1 aliphatic rings. The number of nitrogens with two attached hydrogens (primary N) is 1. The Hall–Kier alpha value is -0.910. The van der Waals surface area contributed by atoms with Crippen LogP contribution in [0.25, 0.3) is 11.5 Å². The summed E-state index contributed by atoms with van der Waals surface area (Å²) in [6.07, 6.45) is 4.14. The van der Waals surface area contributed by atoms with Crippen molar-refractivity contribution in [3.05, 3.63) is 34.1 Å². The number of aryl methyl sites for hydroxylation is 1. The molecule has 3 rings (SSSR count). The van der Waals surface area contributed by atoms with E-state index in [0.29, 0.717) is 11.7 Å². The Morgan fingerprint density at radius 3 is 2.60 bits per heavy atom. The van der Waals surface area contributed by atoms with Gasteiger partial charge in [0.05, 0.1) is 5.54 Å². The zero-order valence-corrected chi connectivity index (χ0v) is 13.6. The SMILES string of the molecule is Cc1cc(Br)cc(-c2nc(C3(N)CCCC3)no2)c1.Cl. The fourth-order valence-electron chi connectivity index (χ4n) is 2.63. The number of hydrogen-bond donors (Lipinski definition) is 1. The van der Waals surface area contributed by atoms with Crippen LogP contribution in [-0.4, -0.2) is 10.1 Å². The molecule has 0 amide bonds. The van der Waals surface area contributed by atoms with E-state index in [-0.39, 0.29) is 12.4 Å². The van der Waals surface area contributed by atoms with Crippen molar-refractivity contribution in [3.63, 3.8) is 0 Å². The molecule has 0 saturated heterocycles. The van der Waals surface area contributed by atoms with Crippen LogP contribution in [0.2, 0.25) is 0 Å². The maximum absolute atomic E-state index is 6.34.